The first-order valence-electron chi connectivity index (χ1n) is 4.74. The summed E-state index contributed by atoms with van der Waals surface area (Å²) in [6.45, 7) is 8.66. The first-order chi connectivity index (χ1) is 5.72. The van der Waals surface area contributed by atoms with E-state index in [4.69, 9.17) is 0 Å². The van der Waals surface area contributed by atoms with Gasteiger partial charge in [0, 0.05) is 18.5 Å². The highest BCUT2D eigenvalue weighted by molar-refractivity contribution is 5.81. The highest BCUT2D eigenvalue weighted by Gasteiger charge is 2.37. The van der Waals surface area contributed by atoms with Gasteiger partial charge in [-0.3, -0.25) is 4.79 Å². The Morgan fingerprint density at radius 2 is 2.00 bits per heavy atom. The van der Waals surface area contributed by atoms with E-state index in [1.807, 2.05) is 20.8 Å². The molecule has 0 aromatic carbocycles. The van der Waals surface area contributed by atoms with Crippen molar-refractivity contribution in [1.82, 2.24) is 4.90 Å². The number of likely N-dealkylation sites (tertiary alicyclic amines) is 1. The lowest BCUT2D eigenvalue weighted by atomic mass is 9.95. The van der Waals surface area contributed by atoms with Gasteiger partial charge in [-0.15, -0.1) is 0 Å². The third-order valence-electron chi connectivity index (χ3n) is 2.38. The Morgan fingerprint density at radius 1 is 1.46 bits per heavy atom. The maximum absolute atomic E-state index is 11.8. The second-order valence-corrected chi connectivity index (χ2v) is 5.22. The molecule has 1 amide bonds. The molecule has 3 nitrogen and oxygen atoms in total. The number of hydrogen-bond acceptors (Lipinski definition) is 2. The van der Waals surface area contributed by atoms with E-state index in [2.05, 4.69) is 0 Å². The molecular formula is C10H19NO2. The van der Waals surface area contributed by atoms with Crippen LogP contribution in [-0.2, 0) is 4.79 Å². The highest BCUT2D eigenvalue weighted by Crippen LogP contribution is 2.25. The summed E-state index contributed by atoms with van der Waals surface area (Å²) in [7, 11) is 0. The summed E-state index contributed by atoms with van der Waals surface area (Å²) in [5.41, 5.74) is -1.01. The first kappa shape index (κ1) is 10.5. The number of amides is 1. The molecule has 0 saturated carbocycles. The van der Waals surface area contributed by atoms with E-state index in [0.717, 1.165) is 0 Å². The van der Waals surface area contributed by atoms with Crippen molar-refractivity contribution in [3.63, 3.8) is 0 Å². The Hall–Kier alpha value is -0.570. The summed E-state index contributed by atoms with van der Waals surface area (Å²) in [5.74, 6) is 0.130. The topological polar surface area (TPSA) is 40.5 Å². The Labute approximate surface area is 79.7 Å². The van der Waals surface area contributed by atoms with Crippen LogP contribution < -0.4 is 0 Å². The zero-order valence-corrected chi connectivity index (χ0v) is 8.92. The molecule has 0 aromatic rings. The van der Waals surface area contributed by atoms with Gasteiger partial charge in [0.05, 0.1) is 5.60 Å². The highest BCUT2D eigenvalue weighted by atomic mass is 16.3. The van der Waals surface area contributed by atoms with Crippen LogP contribution in [-0.4, -0.2) is 34.6 Å². The van der Waals surface area contributed by atoms with Crippen molar-refractivity contribution in [2.24, 2.45) is 5.41 Å². The molecule has 0 bridgehead atoms. The minimum atomic E-state index is -0.680. The van der Waals surface area contributed by atoms with Crippen LogP contribution in [0.5, 0.6) is 0 Å². The summed E-state index contributed by atoms with van der Waals surface area (Å²) in [4.78, 5) is 13.5. The average molecular weight is 185 g/mol. The second-order valence-electron chi connectivity index (χ2n) is 5.22. The lowest BCUT2D eigenvalue weighted by Gasteiger charge is -2.26. The number of carbonyl (C=O) groups is 1. The number of hydrogen-bond donors (Lipinski definition) is 1. The molecule has 1 saturated heterocycles. The van der Waals surface area contributed by atoms with Gasteiger partial charge in [-0.2, -0.15) is 0 Å². The molecule has 1 aliphatic rings. The number of β-amino-alcohol motifs (C(OH)–C–C–N with tert-alkyl or cyclic N) is 1. The Morgan fingerprint density at radius 3 is 2.31 bits per heavy atom. The molecule has 13 heavy (non-hydrogen) atoms. The van der Waals surface area contributed by atoms with Crippen LogP contribution in [0, 0.1) is 5.41 Å². The summed E-state index contributed by atoms with van der Waals surface area (Å²) in [6, 6.07) is 0. The molecular weight excluding hydrogens is 166 g/mol. The smallest absolute Gasteiger partial charge is 0.228 e. The van der Waals surface area contributed by atoms with Crippen molar-refractivity contribution in [3.8, 4) is 0 Å². The summed E-state index contributed by atoms with van der Waals surface area (Å²) in [6.07, 6.45) is 0.689. The Balaban J connectivity index is 2.62. The SMILES string of the molecule is CC1(O)CCN(C(=O)C(C)(C)C)C1. The molecule has 1 unspecified atom stereocenters. The van der Waals surface area contributed by atoms with Gasteiger partial charge in [0.2, 0.25) is 5.91 Å². The molecule has 1 N–H and O–H groups in total. The van der Waals surface area contributed by atoms with E-state index in [0.29, 0.717) is 19.5 Å². The quantitative estimate of drug-likeness (QED) is 0.612. The van der Waals surface area contributed by atoms with Crippen molar-refractivity contribution in [2.45, 2.75) is 39.7 Å². The third kappa shape index (κ3) is 2.44. The van der Waals surface area contributed by atoms with Crippen LogP contribution in [0.25, 0.3) is 0 Å². The van der Waals surface area contributed by atoms with Gasteiger partial charge >= 0.3 is 0 Å². The van der Waals surface area contributed by atoms with Gasteiger partial charge in [0.15, 0.2) is 0 Å². The van der Waals surface area contributed by atoms with Crippen LogP contribution in [0.4, 0.5) is 0 Å². The summed E-state index contributed by atoms with van der Waals surface area (Å²) in [5, 5.41) is 9.69. The van der Waals surface area contributed by atoms with Crippen molar-refractivity contribution in [2.75, 3.05) is 13.1 Å². The van der Waals surface area contributed by atoms with Gasteiger partial charge in [-0.1, -0.05) is 20.8 Å². The number of carbonyl (C=O) groups excluding carboxylic acids is 1. The van der Waals surface area contributed by atoms with Crippen LogP contribution >= 0.6 is 0 Å². The van der Waals surface area contributed by atoms with Crippen LogP contribution in [0.15, 0.2) is 0 Å². The number of nitrogens with zero attached hydrogens (tertiary/aromatic N) is 1. The summed E-state index contributed by atoms with van der Waals surface area (Å²) < 4.78 is 0. The molecule has 0 radical (unpaired) electrons. The fourth-order valence-electron chi connectivity index (χ4n) is 1.59. The molecule has 1 fully saturated rings. The Bertz CT molecular complexity index is 215. The van der Waals surface area contributed by atoms with Gasteiger partial charge < -0.3 is 10.0 Å². The molecule has 1 heterocycles. The minimum Gasteiger partial charge on any atom is -0.388 e. The largest absolute Gasteiger partial charge is 0.388 e. The predicted molar refractivity (Wildman–Crippen MR) is 51.3 cm³/mol. The van der Waals surface area contributed by atoms with E-state index in [1.165, 1.54) is 0 Å². The normalized spacial score (nSPS) is 29.5. The fraction of sp³-hybridized carbons (Fsp3) is 0.900. The lowest BCUT2D eigenvalue weighted by Crippen LogP contribution is -2.40. The number of aliphatic hydroxyl groups is 1. The molecule has 1 atom stereocenters. The van der Waals surface area contributed by atoms with E-state index in [-0.39, 0.29) is 11.3 Å². The molecule has 1 aliphatic heterocycles. The molecule has 76 valence electrons. The monoisotopic (exact) mass is 185 g/mol. The summed E-state index contributed by atoms with van der Waals surface area (Å²) >= 11 is 0. The van der Waals surface area contributed by atoms with Gasteiger partial charge in [0.1, 0.15) is 0 Å². The van der Waals surface area contributed by atoms with E-state index < -0.39 is 5.60 Å². The minimum absolute atomic E-state index is 0.130. The predicted octanol–water partition coefficient (Wildman–Crippen LogP) is 1.02. The van der Waals surface area contributed by atoms with Crippen molar-refractivity contribution < 1.29 is 9.90 Å². The molecule has 0 aliphatic carbocycles. The van der Waals surface area contributed by atoms with Crippen LogP contribution in [0.2, 0.25) is 0 Å². The fourth-order valence-corrected chi connectivity index (χ4v) is 1.59. The molecule has 3 heteroatoms. The van der Waals surface area contributed by atoms with Gasteiger partial charge in [0.25, 0.3) is 0 Å². The lowest BCUT2D eigenvalue weighted by molar-refractivity contribution is -0.139. The molecule has 0 aromatic heterocycles. The van der Waals surface area contributed by atoms with Gasteiger partial charge in [-0.25, -0.2) is 0 Å². The van der Waals surface area contributed by atoms with E-state index in [1.54, 1.807) is 11.8 Å². The maximum Gasteiger partial charge on any atom is 0.228 e. The second kappa shape index (κ2) is 2.98. The third-order valence-corrected chi connectivity index (χ3v) is 2.38. The first-order valence-corrected chi connectivity index (χ1v) is 4.74. The zero-order valence-electron chi connectivity index (χ0n) is 8.92. The Kier molecular flexibility index (Phi) is 2.41. The molecule has 0 spiro atoms. The van der Waals surface area contributed by atoms with Crippen molar-refractivity contribution >= 4 is 5.91 Å². The standard InChI is InChI=1S/C10H19NO2/c1-9(2,3)8(12)11-6-5-10(4,13)7-11/h13H,5-7H2,1-4H3. The van der Waals surface area contributed by atoms with Gasteiger partial charge in [-0.05, 0) is 13.3 Å². The number of rotatable bonds is 0. The average Bonchev–Trinajstić information content (AvgIpc) is 2.26. The van der Waals surface area contributed by atoms with Crippen LogP contribution in [0.1, 0.15) is 34.1 Å². The maximum atomic E-state index is 11.8. The van der Waals surface area contributed by atoms with E-state index >= 15 is 0 Å². The molecule has 1 rings (SSSR count). The van der Waals surface area contributed by atoms with Crippen molar-refractivity contribution in [1.29, 1.82) is 0 Å². The zero-order chi connectivity index (χ0) is 10.3. The van der Waals surface area contributed by atoms with Crippen LogP contribution in [0.3, 0.4) is 0 Å². The van der Waals surface area contributed by atoms with Crippen molar-refractivity contribution in [3.05, 3.63) is 0 Å². The van der Waals surface area contributed by atoms with E-state index in [9.17, 15) is 9.90 Å².